The summed E-state index contributed by atoms with van der Waals surface area (Å²) in [5.41, 5.74) is 4.86. The molecule has 0 atom stereocenters. The van der Waals surface area contributed by atoms with Gasteiger partial charge in [0.15, 0.2) is 5.78 Å². The van der Waals surface area contributed by atoms with Gasteiger partial charge < -0.3 is 9.84 Å². The Morgan fingerprint density at radius 1 is 1.03 bits per heavy atom. The summed E-state index contributed by atoms with van der Waals surface area (Å²) in [6, 6.07) is 15.1. The fourth-order valence-electron chi connectivity index (χ4n) is 3.77. The standard InChI is InChI=1S/C25H21NO4/c1-15-8-11-18(12-9-15)26-16(2)23(25(29)30-3)21(24(26)28)14-20-19-7-5-4-6-17(19)10-13-22(20)27/h4-14,28H,1-3H3. The van der Waals surface area contributed by atoms with E-state index in [-0.39, 0.29) is 22.8 Å². The molecule has 0 fully saturated rings. The van der Waals surface area contributed by atoms with Gasteiger partial charge in [-0.25, -0.2) is 4.79 Å². The molecule has 4 rings (SSSR count). The number of hydrogen-bond donors (Lipinski definition) is 1. The molecule has 0 bridgehead atoms. The molecule has 0 unspecified atom stereocenters. The molecule has 1 heterocycles. The Labute approximate surface area is 174 Å². The van der Waals surface area contributed by atoms with E-state index in [1.54, 1.807) is 23.6 Å². The van der Waals surface area contributed by atoms with Gasteiger partial charge in [-0.05, 0) is 49.3 Å². The number of carbonyl (C=O) groups excluding carboxylic acids is 2. The van der Waals surface area contributed by atoms with E-state index >= 15 is 0 Å². The van der Waals surface area contributed by atoms with Crippen molar-refractivity contribution in [1.29, 1.82) is 0 Å². The number of carbonyl (C=O) groups is 2. The van der Waals surface area contributed by atoms with Crippen LogP contribution in [0.5, 0.6) is 5.88 Å². The predicted molar refractivity (Wildman–Crippen MR) is 117 cm³/mol. The molecule has 0 radical (unpaired) electrons. The number of methoxy groups -OCH3 is 1. The molecule has 1 aliphatic rings. The number of ketones is 1. The number of esters is 1. The van der Waals surface area contributed by atoms with Crippen LogP contribution in [0.3, 0.4) is 0 Å². The normalized spacial score (nSPS) is 14.1. The lowest BCUT2D eigenvalue weighted by atomic mass is 9.90. The maximum Gasteiger partial charge on any atom is 0.340 e. The van der Waals surface area contributed by atoms with Crippen molar-refractivity contribution in [2.75, 3.05) is 7.11 Å². The zero-order valence-electron chi connectivity index (χ0n) is 17.0. The van der Waals surface area contributed by atoms with Crippen LogP contribution in [0.4, 0.5) is 0 Å². The molecule has 2 aromatic carbocycles. The van der Waals surface area contributed by atoms with Crippen LogP contribution in [0.1, 0.15) is 38.3 Å². The van der Waals surface area contributed by atoms with Crippen molar-refractivity contribution >= 4 is 29.5 Å². The molecule has 1 N–H and O–H groups in total. The number of benzene rings is 2. The van der Waals surface area contributed by atoms with Gasteiger partial charge in [0.2, 0.25) is 5.88 Å². The molecular formula is C25H21NO4. The lowest BCUT2D eigenvalue weighted by molar-refractivity contribution is -0.109. The Morgan fingerprint density at radius 3 is 2.43 bits per heavy atom. The Hall–Kier alpha value is -3.86. The zero-order chi connectivity index (χ0) is 21.4. The Morgan fingerprint density at radius 2 is 1.73 bits per heavy atom. The molecule has 1 aromatic heterocycles. The van der Waals surface area contributed by atoms with Crippen LogP contribution in [0.15, 0.2) is 54.6 Å². The third-order valence-corrected chi connectivity index (χ3v) is 5.32. The summed E-state index contributed by atoms with van der Waals surface area (Å²) in [6.45, 7) is 3.71. The summed E-state index contributed by atoms with van der Waals surface area (Å²) >= 11 is 0. The minimum atomic E-state index is -0.576. The largest absolute Gasteiger partial charge is 0.494 e. The zero-order valence-corrected chi connectivity index (χ0v) is 17.0. The van der Waals surface area contributed by atoms with E-state index in [9.17, 15) is 14.7 Å². The van der Waals surface area contributed by atoms with E-state index in [2.05, 4.69) is 0 Å². The molecule has 3 aromatic rings. The van der Waals surface area contributed by atoms with Crippen molar-refractivity contribution in [2.24, 2.45) is 0 Å². The summed E-state index contributed by atoms with van der Waals surface area (Å²) in [6.07, 6.45) is 4.83. The summed E-state index contributed by atoms with van der Waals surface area (Å²) in [5.74, 6) is -0.888. The summed E-state index contributed by atoms with van der Waals surface area (Å²) in [7, 11) is 1.29. The molecule has 5 heteroatoms. The highest BCUT2D eigenvalue weighted by molar-refractivity contribution is 6.33. The van der Waals surface area contributed by atoms with Crippen LogP contribution >= 0.6 is 0 Å². The van der Waals surface area contributed by atoms with Gasteiger partial charge >= 0.3 is 5.97 Å². The molecule has 0 spiro atoms. The van der Waals surface area contributed by atoms with Gasteiger partial charge in [0.1, 0.15) is 0 Å². The lowest BCUT2D eigenvalue weighted by Crippen LogP contribution is -2.07. The van der Waals surface area contributed by atoms with E-state index in [1.807, 2.05) is 55.5 Å². The van der Waals surface area contributed by atoms with E-state index < -0.39 is 5.97 Å². The number of ether oxygens (including phenoxy) is 1. The van der Waals surface area contributed by atoms with E-state index in [0.717, 1.165) is 16.7 Å². The quantitative estimate of drug-likeness (QED) is 0.511. The van der Waals surface area contributed by atoms with Gasteiger partial charge in [0, 0.05) is 17.0 Å². The van der Waals surface area contributed by atoms with Crippen LogP contribution in [-0.2, 0) is 9.53 Å². The van der Waals surface area contributed by atoms with E-state index in [1.165, 1.54) is 13.2 Å². The van der Waals surface area contributed by atoms with Crippen molar-refractivity contribution in [3.05, 3.63) is 88.1 Å². The van der Waals surface area contributed by atoms with Crippen LogP contribution in [-0.4, -0.2) is 28.5 Å². The Bertz CT molecular complexity index is 1230. The number of aromatic nitrogens is 1. The van der Waals surface area contributed by atoms with Gasteiger partial charge in [-0.1, -0.05) is 48.0 Å². The maximum atomic E-state index is 12.7. The van der Waals surface area contributed by atoms with Crippen molar-refractivity contribution in [3.8, 4) is 11.6 Å². The predicted octanol–water partition coefficient (Wildman–Crippen LogP) is 4.72. The maximum absolute atomic E-state index is 12.7. The number of aryl methyl sites for hydroxylation is 1. The van der Waals surface area contributed by atoms with Gasteiger partial charge in [-0.15, -0.1) is 0 Å². The van der Waals surface area contributed by atoms with Crippen LogP contribution in [0, 0.1) is 13.8 Å². The second kappa shape index (κ2) is 7.52. The van der Waals surface area contributed by atoms with Gasteiger partial charge in [0.25, 0.3) is 0 Å². The van der Waals surface area contributed by atoms with Crippen molar-refractivity contribution in [3.63, 3.8) is 0 Å². The summed E-state index contributed by atoms with van der Waals surface area (Å²) in [5, 5.41) is 11.1. The first kappa shape index (κ1) is 19.5. The fourth-order valence-corrected chi connectivity index (χ4v) is 3.77. The number of fused-ring (bicyclic) bond motifs is 1. The number of rotatable bonds is 3. The number of allylic oxidation sites excluding steroid dienone is 2. The third-order valence-electron chi connectivity index (χ3n) is 5.32. The summed E-state index contributed by atoms with van der Waals surface area (Å²) in [4.78, 5) is 25.3. The number of hydrogen-bond acceptors (Lipinski definition) is 4. The van der Waals surface area contributed by atoms with Crippen molar-refractivity contribution < 1.29 is 19.4 Å². The van der Waals surface area contributed by atoms with Crippen LogP contribution in [0.2, 0.25) is 0 Å². The average molecular weight is 399 g/mol. The second-order valence-electron chi connectivity index (χ2n) is 7.20. The number of aromatic hydroxyl groups is 1. The van der Waals surface area contributed by atoms with Gasteiger partial charge in [0.05, 0.1) is 18.2 Å². The first-order valence-corrected chi connectivity index (χ1v) is 9.55. The van der Waals surface area contributed by atoms with Crippen molar-refractivity contribution in [2.45, 2.75) is 13.8 Å². The molecular weight excluding hydrogens is 378 g/mol. The summed E-state index contributed by atoms with van der Waals surface area (Å²) < 4.78 is 6.57. The molecule has 30 heavy (non-hydrogen) atoms. The van der Waals surface area contributed by atoms with Crippen molar-refractivity contribution in [1.82, 2.24) is 4.57 Å². The highest BCUT2D eigenvalue weighted by atomic mass is 16.5. The molecule has 0 amide bonds. The lowest BCUT2D eigenvalue weighted by Gasteiger charge is -2.13. The average Bonchev–Trinajstić information content (AvgIpc) is 3.00. The highest BCUT2D eigenvalue weighted by Crippen LogP contribution is 2.37. The second-order valence-corrected chi connectivity index (χ2v) is 7.20. The molecule has 0 aliphatic heterocycles. The third kappa shape index (κ3) is 3.14. The number of nitrogens with zero attached hydrogens (tertiary/aromatic N) is 1. The van der Waals surface area contributed by atoms with E-state index in [0.29, 0.717) is 17.0 Å². The van der Waals surface area contributed by atoms with Gasteiger partial charge in [-0.2, -0.15) is 0 Å². The molecule has 150 valence electrons. The molecule has 5 nitrogen and oxygen atoms in total. The SMILES string of the molecule is COC(=O)c1c(C=C2C(=O)C=Cc3ccccc32)c(O)n(-c2ccc(C)cc2)c1C. The smallest absolute Gasteiger partial charge is 0.340 e. The highest BCUT2D eigenvalue weighted by Gasteiger charge is 2.27. The Kier molecular flexibility index (Phi) is 4.88. The first-order chi connectivity index (χ1) is 14.4. The first-order valence-electron chi connectivity index (χ1n) is 9.55. The van der Waals surface area contributed by atoms with E-state index in [4.69, 9.17) is 4.74 Å². The molecule has 0 saturated heterocycles. The fraction of sp³-hybridized carbons (Fsp3) is 0.120. The Balaban J connectivity index is 1.98. The minimum absolute atomic E-state index is 0.121. The minimum Gasteiger partial charge on any atom is -0.494 e. The molecule has 1 aliphatic carbocycles. The van der Waals surface area contributed by atoms with Gasteiger partial charge in [-0.3, -0.25) is 9.36 Å². The monoisotopic (exact) mass is 399 g/mol. The van der Waals surface area contributed by atoms with Crippen LogP contribution < -0.4 is 0 Å². The molecule has 0 saturated carbocycles. The topological polar surface area (TPSA) is 68.5 Å². The van der Waals surface area contributed by atoms with Crippen LogP contribution in [0.25, 0.3) is 23.4 Å².